The molecule has 4 atom stereocenters. The van der Waals surface area contributed by atoms with Crippen LogP contribution in [-0.4, -0.2) is 65.7 Å². The van der Waals surface area contributed by atoms with Crippen LogP contribution in [-0.2, 0) is 42.4 Å². The van der Waals surface area contributed by atoms with Gasteiger partial charge >= 0.3 is 16.3 Å². The summed E-state index contributed by atoms with van der Waals surface area (Å²) in [5.74, 6) is -1.69. The molecule has 3 aliphatic rings. The van der Waals surface area contributed by atoms with Crippen LogP contribution in [0.2, 0.25) is 0 Å². The quantitative estimate of drug-likeness (QED) is 0.222. The Morgan fingerprint density at radius 2 is 1.77 bits per heavy atom. The maximum Gasteiger partial charge on any atom is 0.408 e. The second-order valence-corrected chi connectivity index (χ2v) is 14.5. The average molecular weight is 632 g/mol. The van der Waals surface area contributed by atoms with Crippen LogP contribution in [0.15, 0.2) is 36.4 Å². The number of hydrogen-bond acceptors (Lipinski definition) is 7. The van der Waals surface area contributed by atoms with Crippen molar-refractivity contribution in [3.63, 3.8) is 0 Å². The Morgan fingerprint density at radius 3 is 2.41 bits per heavy atom. The van der Waals surface area contributed by atoms with Crippen LogP contribution >= 0.6 is 0 Å². The molecule has 242 valence electrons. The number of nitrogens with two attached hydrogens (primary N) is 1. The zero-order valence-corrected chi connectivity index (χ0v) is 26.6. The van der Waals surface area contributed by atoms with Crippen LogP contribution in [0.5, 0.6) is 0 Å². The largest absolute Gasteiger partial charge is 0.444 e. The van der Waals surface area contributed by atoms with E-state index in [2.05, 4.69) is 10.0 Å². The lowest BCUT2D eigenvalue weighted by molar-refractivity contribution is -0.139. The summed E-state index contributed by atoms with van der Waals surface area (Å²) < 4.78 is 34.4. The Kier molecular flexibility index (Phi) is 10.7. The zero-order valence-electron chi connectivity index (χ0n) is 25.8. The fourth-order valence-electron chi connectivity index (χ4n) is 5.76. The summed E-state index contributed by atoms with van der Waals surface area (Å²) in [6.45, 7) is 6.16. The number of alkyl carbamates (subject to hydrolysis) is 1. The molecule has 1 saturated carbocycles. The lowest BCUT2D eigenvalue weighted by Gasteiger charge is -2.28. The van der Waals surface area contributed by atoms with Crippen molar-refractivity contribution >= 4 is 34.0 Å². The molecular formula is C31H45N5O7S. The maximum atomic E-state index is 13.3. The molecule has 1 saturated heterocycles. The molecule has 1 aromatic carbocycles. The predicted molar refractivity (Wildman–Crippen MR) is 164 cm³/mol. The normalized spacial score (nSPS) is 22.4. The van der Waals surface area contributed by atoms with Gasteiger partial charge in [0.1, 0.15) is 17.7 Å². The van der Waals surface area contributed by atoms with E-state index in [1.165, 1.54) is 9.21 Å². The van der Waals surface area contributed by atoms with Gasteiger partial charge in [-0.3, -0.25) is 14.4 Å². The third kappa shape index (κ3) is 9.04. The third-order valence-corrected chi connectivity index (χ3v) is 9.56. The van der Waals surface area contributed by atoms with Gasteiger partial charge in [-0.2, -0.15) is 12.7 Å². The van der Waals surface area contributed by atoms with Crippen molar-refractivity contribution in [1.82, 2.24) is 19.2 Å². The molecule has 0 aromatic heterocycles. The van der Waals surface area contributed by atoms with E-state index >= 15 is 0 Å². The molecule has 44 heavy (non-hydrogen) atoms. The molecule has 0 radical (unpaired) electrons. The minimum absolute atomic E-state index is 0.0136. The number of nitrogens with one attached hydrogen (secondary N) is 2. The molecule has 1 aliphatic carbocycles. The topological polar surface area (TPSA) is 168 Å². The summed E-state index contributed by atoms with van der Waals surface area (Å²) >= 11 is 0. The lowest BCUT2D eigenvalue weighted by atomic mass is 10.0. The van der Waals surface area contributed by atoms with Crippen molar-refractivity contribution in [2.45, 2.75) is 103 Å². The van der Waals surface area contributed by atoms with Gasteiger partial charge in [0.05, 0.1) is 0 Å². The van der Waals surface area contributed by atoms with E-state index in [4.69, 9.17) is 10.5 Å². The minimum Gasteiger partial charge on any atom is -0.444 e. The number of fused-ring (bicyclic) bond motifs is 1. The predicted octanol–water partition coefficient (Wildman–Crippen LogP) is 2.88. The van der Waals surface area contributed by atoms with Crippen molar-refractivity contribution in [2.24, 2.45) is 17.6 Å². The Bertz CT molecular complexity index is 1350. The summed E-state index contributed by atoms with van der Waals surface area (Å²) in [5, 5.41) is 2.69. The van der Waals surface area contributed by atoms with Gasteiger partial charge in [0.2, 0.25) is 17.7 Å². The highest BCUT2D eigenvalue weighted by atomic mass is 32.2. The number of likely N-dealkylation sites (tertiary alicyclic amines) is 1. The number of primary amides is 1. The van der Waals surface area contributed by atoms with Crippen LogP contribution in [0.25, 0.3) is 0 Å². The standard InChI is InChI=1S/C31H45N5O7S/c1-31(2,3)43-30(40)33-25(29(39)36-17-11-16-26(36)27(32)37)15-8-6-4-5-7-12-21-18-24(21)28(38)34-44(41,42)35-19-22-13-9-10-14-23(22)20-35/h7,9-10,12-14,21,24-26H,4-6,8,11,15-20H2,1-3H3,(H2,32,37)(H,33,40)(H,34,38)/b12-7-/t21-,24+,25+,26+/m1/s1. The summed E-state index contributed by atoms with van der Waals surface area (Å²) in [6.07, 6.45) is 8.56. The highest BCUT2D eigenvalue weighted by Gasteiger charge is 2.43. The van der Waals surface area contributed by atoms with Crippen LogP contribution in [0.1, 0.15) is 83.3 Å². The second-order valence-electron chi connectivity index (χ2n) is 12.9. The minimum atomic E-state index is -3.91. The van der Waals surface area contributed by atoms with Crippen molar-refractivity contribution in [2.75, 3.05) is 6.54 Å². The fraction of sp³-hybridized carbons (Fsp3) is 0.613. The Hall–Kier alpha value is -3.45. The molecule has 12 nitrogen and oxygen atoms in total. The van der Waals surface area contributed by atoms with Crippen LogP contribution in [0.3, 0.4) is 0 Å². The van der Waals surface area contributed by atoms with Crippen molar-refractivity contribution in [1.29, 1.82) is 0 Å². The van der Waals surface area contributed by atoms with Crippen molar-refractivity contribution in [3.05, 3.63) is 47.5 Å². The highest BCUT2D eigenvalue weighted by Crippen LogP contribution is 2.40. The average Bonchev–Trinajstić information content (AvgIpc) is 3.32. The van der Waals surface area contributed by atoms with E-state index in [9.17, 15) is 27.6 Å². The van der Waals surface area contributed by atoms with Crippen LogP contribution < -0.4 is 15.8 Å². The summed E-state index contributed by atoms with van der Waals surface area (Å²) in [7, 11) is -3.91. The number of carbonyl (C=O) groups is 4. The van der Waals surface area contributed by atoms with E-state index in [0.29, 0.717) is 38.6 Å². The van der Waals surface area contributed by atoms with Gasteiger partial charge in [0, 0.05) is 25.6 Å². The van der Waals surface area contributed by atoms with Crippen molar-refractivity contribution < 1.29 is 32.3 Å². The van der Waals surface area contributed by atoms with Crippen LogP contribution in [0.4, 0.5) is 4.79 Å². The molecule has 0 bridgehead atoms. The molecule has 2 fully saturated rings. The van der Waals surface area contributed by atoms with Gasteiger partial charge in [-0.25, -0.2) is 9.52 Å². The number of amides is 4. The van der Waals surface area contributed by atoms with E-state index in [1.807, 2.05) is 36.4 Å². The number of hydrogen-bond donors (Lipinski definition) is 3. The smallest absolute Gasteiger partial charge is 0.408 e. The number of unbranched alkanes of at least 4 members (excludes halogenated alkanes) is 3. The maximum absolute atomic E-state index is 13.3. The van der Waals surface area contributed by atoms with Crippen LogP contribution in [0, 0.1) is 11.8 Å². The summed E-state index contributed by atoms with van der Waals surface area (Å²) in [5.41, 5.74) is 6.67. The Labute approximate surface area is 259 Å². The number of rotatable bonds is 13. The lowest BCUT2D eigenvalue weighted by Crippen LogP contribution is -2.53. The van der Waals surface area contributed by atoms with E-state index in [1.54, 1.807) is 20.8 Å². The van der Waals surface area contributed by atoms with Crippen molar-refractivity contribution in [3.8, 4) is 0 Å². The highest BCUT2D eigenvalue weighted by molar-refractivity contribution is 7.87. The first-order valence-electron chi connectivity index (χ1n) is 15.4. The molecule has 13 heteroatoms. The first-order chi connectivity index (χ1) is 20.7. The number of ether oxygens (including phenoxy) is 1. The molecule has 4 rings (SSSR count). The zero-order chi connectivity index (χ0) is 32.1. The molecule has 4 amide bonds. The van der Waals surface area contributed by atoms with Gasteiger partial charge in [-0.15, -0.1) is 0 Å². The number of benzene rings is 1. The first kappa shape index (κ1) is 33.4. The molecule has 2 aliphatic heterocycles. The fourth-order valence-corrected chi connectivity index (χ4v) is 6.91. The molecule has 2 heterocycles. The number of nitrogens with zero attached hydrogens (tertiary/aromatic N) is 2. The Balaban J connectivity index is 1.18. The van der Waals surface area contributed by atoms with E-state index < -0.39 is 45.8 Å². The van der Waals surface area contributed by atoms with Gasteiger partial charge in [-0.05, 0) is 76.3 Å². The van der Waals surface area contributed by atoms with Gasteiger partial charge in [0.25, 0.3) is 0 Å². The molecule has 0 unspecified atom stereocenters. The number of allylic oxidation sites excluding steroid dienone is 2. The monoisotopic (exact) mass is 631 g/mol. The van der Waals surface area contributed by atoms with E-state index in [-0.39, 0.29) is 30.8 Å². The SMILES string of the molecule is CC(C)(C)OC(=O)N[C@@H](CCCCC/C=C\[C@@H]1C[C@@H]1C(=O)NS(=O)(=O)N1Cc2ccccc2C1)C(=O)N1CCC[C@H]1C(N)=O. The van der Waals surface area contributed by atoms with Gasteiger partial charge in [0.15, 0.2) is 0 Å². The second kappa shape index (κ2) is 14.1. The van der Waals surface area contributed by atoms with Gasteiger partial charge in [-0.1, -0.05) is 49.3 Å². The third-order valence-electron chi connectivity index (χ3n) is 8.16. The van der Waals surface area contributed by atoms with E-state index in [0.717, 1.165) is 30.4 Å². The molecule has 1 aromatic rings. The number of carbonyl (C=O) groups excluding carboxylic acids is 4. The summed E-state index contributed by atoms with van der Waals surface area (Å²) in [4.78, 5) is 51.6. The Morgan fingerprint density at radius 1 is 1.09 bits per heavy atom. The summed E-state index contributed by atoms with van der Waals surface area (Å²) in [6, 6.07) is 6.03. The molecular weight excluding hydrogens is 586 g/mol. The van der Waals surface area contributed by atoms with Gasteiger partial charge < -0.3 is 20.7 Å². The molecule has 4 N–H and O–H groups in total. The first-order valence-corrected chi connectivity index (χ1v) is 16.8. The molecule has 0 spiro atoms.